The Bertz CT molecular complexity index is 491. The van der Waals surface area contributed by atoms with Crippen molar-refractivity contribution >= 4 is 17.7 Å². The van der Waals surface area contributed by atoms with Gasteiger partial charge in [0.1, 0.15) is 0 Å². The highest BCUT2D eigenvalue weighted by Gasteiger charge is 2.08. The van der Waals surface area contributed by atoms with Gasteiger partial charge in [0.2, 0.25) is 11.1 Å². The Hall–Kier alpha value is -1.57. The fourth-order valence-corrected chi connectivity index (χ4v) is 2.14. The predicted octanol–water partition coefficient (Wildman–Crippen LogP) is 1.06. The number of ether oxygens (including phenoxy) is 1. The van der Waals surface area contributed by atoms with Crippen LogP contribution in [0.15, 0.2) is 35.5 Å². The van der Waals surface area contributed by atoms with E-state index in [-0.39, 0.29) is 12.6 Å². The van der Waals surface area contributed by atoms with Gasteiger partial charge in [-0.25, -0.2) is 5.10 Å². The first kappa shape index (κ1) is 13.9. The van der Waals surface area contributed by atoms with Crippen molar-refractivity contribution in [3.63, 3.8) is 0 Å². The zero-order chi connectivity index (χ0) is 13.5. The number of rotatable bonds is 7. The molecule has 0 amide bonds. The standard InChI is InChI=1S/C12H16N4O2S/c13-11-14-12(16-15-11)19-8-10(17)7-18-6-9-4-2-1-3-5-9/h1-5,10,17H,6-8H2,(H3,13,14,15,16). The second-order valence-corrected chi connectivity index (χ2v) is 4.96. The van der Waals surface area contributed by atoms with Gasteiger partial charge >= 0.3 is 0 Å². The van der Waals surface area contributed by atoms with Crippen LogP contribution in [0.25, 0.3) is 0 Å². The van der Waals surface area contributed by atoms with Crippen molar-refractivity contribution in [3.05, 3.63) is 35.9 Å². The predicted molar refractivity (Wildman–Crippen MR) is 73.6 cm³/mol. The minimum Gasteiger partial charge on any atom is -0.390 e. The number of nitrogens with zero attached hydrogens (tertiary/aromatic N) is 2. The summed E-state index contributed by atoms with van der Waals surface area (Å²) in [5.41, 5.74) is 6.49. The summed E-state index contributed by atoms with van der Waals surface area (Å²) in [4.78, 5) is 3.93. The number of aliphatic hydroxyl groups is 1. The van der Waals surface area contributed by atoms with Crippen molar-refractivity contribution in [2.75, 3.05) is 18.1 Å². The molecule has 0 aliphatic rings. The first-order chi connectivity index (χ1) is 9.24. The van der Waals surface area contributed by atoms with Gasteiger partial charge in [0.15, 0.2) is 0 Å². The van der Waals surface area contributed by atoms with E-state index >= 15 is 0 Å². The lowest BCUT2D eigenvalue weighted by Crippen LogP contribution is -2.18. The number of benzene rings is 1. The molecule has 1 atom stereocenters. The van der Waals surface area contributed by atoms with Crippen molar-refractivity contribution in [1.82, 2.24) is 15.2 Å². The van der Waals surface area contributed by atoms with Gasteiger partial charge in [0, 0.05) is 5.75 Å². The van der Waals surface area contributed by atoms with Gasteiger partial charge in [-0.2, -0.15) is 4.98 Å². The van der Waals surface area contributed by atoms with Crippen LogP contribution in [0.1, 0.15) is 5.56 Å². The van der Waals surface area contributed by atoms with Crippen LogP contribution in [0.5, 0.6) is 0 Å². The topological polar surface area (TPSA) is 97.1 Å². The van der Waals surface area contributed by atoms with Crippen LogP contribution in [0.4, 0.5) is 5.95 Å². The average molecular weight is 280 g/mol. The molecule has 0 spiro atoms. The number of nitrogen functional groups attached to an aromatic ring is 1. The molecule has 0 radical (unpaired) electrons. The highest BCUT2D eigenvalue weighted by molar-refractivity contribution is 7.99. The number of nitrogens with one attached hydrogen (secondary N) is 1. The van der Waals surface area contributed by atoms with E-state index in [9.17, 15) is 5.11 Å². The van der Waals surface area contributed by atoms with Crippen LogP contribution in [-0.4, -0.2) is 38.8 Å². The fourth-order valence-electron chi connectivity index (χ4n) is 1.43. The van der Waals surface area contributed by atoms with Gasteiger partial charge in [-0.15, -0.1) is 5.10 Å². The zero-order valence-electron chi connectivity index (χ0n) is 10.3. The number of nitrogens with two attached hydrogens (primary N) is 1. The molecule has 102 valence electrons. The molecule has 1 aromatic heterocycles. The third-order valence-corrected chi connectivity index (χ3v) is 3.30. The summed E-state index contributed by atoms with van der Waals surface area (Å²) in [7, 11) is 0. The summed E-state index contributed by atoms with van der Waals surface area (Å²) in [5, 5.41) is 16.7. The molecule has 0 aliphatic carbocycles. The van der Waals surface area contributed by atoms with E-state index in [1.165, 1.54) is 11.8 Å². The first-order valence-electron chi connectivity index (χ1n) is 5.84. The maximum absolute atomic E-state index is 9.75. The third kappa shape index (κ3) is 4.90. The molecule has 0 bridgehead atoms. The van der Waals surface area contributed by atoms with Crippen LogP contribution in [0, 0.1) is 0 Å². The van der Waals surface area contributed by atoms with E-state index in [1.807, 2.05) is 30.3 Å². The molecule has 2 aromatic rings. The minimum absolute atomic E-state index is 0.275. The van der Waals surface area contributed by atoms with E-state index in [0.717, 1.165) is 5.56 Å². The number of thioether (sulfide) groups is 1. The van der Waals surface area contributed by atoms with Gasteiger partial charge in [-0.05, 0) is 5.56 Å². The Labute approximate surface area is 115 Å². The highest BCUT2D eigenvalue weighted by Crippen LogP contribution is 2.14. The van der Waals surface area contributed by atoms with Gasteiger partial charge < -0.3 is 15.6 Å². The van der Waals surface area contributed by atoms with Gasteiger partial charge in [-0.3, -0.25) is 0 Å². The smallest absolute Gasteiger partial charge is 0.216 e. The number of hydrogen-bond donors (Lipinski definition) is 3. The molecular weight excluding hydrogens is 264 g/mol. The molecule has 4 N–H and O–H groups in total. The van der Waals surface area contributed by atoms with E-state index in [1.54, 1.807) is 0 Å². The molecule has 1 unspecified atom stereocenters. The maximum atomic E-state index is 9.75. The number of H-pyrrole nitrogens is 1. The van der Waals surface area contributed by atoms with Gasteiger partial charge in [0.05, 0.1) is 19.3 Å². The zero-order valence-corrected chi connectivity index (χ0v) is 11.1. The Kier molecular flexibility index (Phi) is 5.20. The molecule has 0 fully saturated rings. The Morgan fingerprint density at radius 1 is 1.37 bits per heavy atom. The molecule has 0 saturated carbocycles. The number of anilines is 1. The quantitative estimate of drug-likeness (QED) is 0.656. The number of hydrogen-bond acceptors (Lipinski definition) is 6. The lowest BCUT2D eigenvalue weighted by atomic mass is 10.2. The van der Waals surface area contributed by atoms with Gasteiger partial charge in [0.25, 0.3) is 0 Å². The summed E-state index contributed by atoms with van der Waals surface area (Å²) < 4.78 is 5.44. The van der Waals surface area contributed by atoms with Crippen LogP contribution < -0.4 is 5.73 Å². The van der Waals surface area contributed by atoms with Crippen LogP contribution in [0.2, 0.25) is 0 Å². The molecule has 0 aliphatic heterocycles. The number of aliphatic hydroxyl groups excluding tert-OH is 1. The molecule has 1 heterocycles. The van der Waals surface area contributed by atoms with Crippen molar-refractivity contribution in [2.24, 2.45) is 0 Å². The monoisotopic (exact) mass is 280 g/mol. The van der Waals surface area contributed by atoms with E-state index < -0.39 is 6.10 Å². The minimum atomic E-state index is -0.562. The maximum Gasteiger partial charge on any atom is 0.216 e. The molecule has 1 aromatic carbocycles. The SMILES string of the molecule is Nc1nc(SCC(O)COCc2ccccc2)n[nH]1. The second kappa shape index (κ2) is 7.13. The first-order valence-corrected chi connectivity index (χ1v) is 6.83. The second-order valence-electron chi connectivity index (χ2n) is 3.97. The van der Waals surface area contributed by atoms with E-state index in [2.05, 4.69) is 15.2 Å². The Morgan fingerprint density at radius 3 is 2.84 bits per heavy atom. The number of aromatic nitrogens is 3. The van der Waals surface area contributed by atoms with Crippen molar-refractivity contribution in [2.45, 2.75) is 17.9 Å². The van der Waals surface area contributed by atoms with Gasteiger partial charge in [-0.1, -0.05) is 42.1 Å². The summed E-state index contributed by atoms with van der Waals surface area (Å²) >= 11 is 1.33. The summed E-state index contributed by atoms with van der Waals surface area (Å²) in [6.45, 7) is 0.776. The van der Waals surface area contributed by atoms with Crippen molar-refractivity contribution < 1.29 is 9.84 Å². The van der Waals surface area contributed by atoms with Crippen LogP contribution in [-0.2, 0) is 11.3 Å². The van der Waals surface area contributed by atoms with Crippen molar-refractivity contribution in [3.8, 4) is 0 Å². The lowest BCUT2D eigenvalue weighted by Gasteiger charge is -2.09. The highest BCUT2D eigenvalue weighted by atomic mass is 32.2. The third-order valence-electron chi connectivity index (χ3n) is 2.31. The molecule has 6 nitrogen and oxygen atoms in total. The van der Waals surface area contributed by atoms with E-state index in [0.29, 0.717) is 17.5 Å². The normalized spacial score (nSPS) is 12.5. The Balaban J connectivity index is 1.63. The van der Waals surface area contributed by atoms with E-state index in [4.69, 9.17) is 10.5 Å². The number of aromatic amines is 1. The van der Waals surface area contributed by atoms with Crippen molar-refractivity contribution in [1.29, 1.82) is 0 Å². The molecule has 2 rings (SSSR count). The summed E-state index contributed by atoms with van der Waals surface area (Å²) in [5.74, 6) is 0.740. The summed E-state index contributed by atoms with van der Waals surface area (Å²) in [6.07, 6.45) is -0.562. The lowest BCUT2D eigenvalue weighted by molar-refractivity contribution is 0.0398. The summed E-state index contributed by atoms with van der Waals surface area (Å²) in [6, 6.07) is 9.84. The van der Waals surface area contributed by atoms with Crippen LogP contribution >= 0.6 is 11.8 Å². The average Bonchev–Trinajstić information content (AvgIpc) is 2.83. The molecular formula is C12H16N4O2S. The molecule has 7 heteroatoms. The van der Waals surface area contributed by atoms with Crippen LogP contribution in [0.3, 0.4) is 0 Å². The Morgan fingerprint density at radius 2 is 2.16 bits per heavy atom. The largest absolute Gasteiger partial charge is 0.390 e. The molecule has 0 saturated heterocycles. The fraction of sp³-hybridized carbons (Fsp3) is 0.333. The molecule has 19 heavy (non-hydrogen) atoms.